The van der Waals surface area contributed by atoms with Crippen LogP contribution in [0.1, 0.15) is 12.8 Å². The standard InChI is InChI=1S/C24H22Br2N4O4/c25-15-3-1-5-17(11-15)29-21(31)13-19(23(29)33)27-7-9-28(10-8-27)20-14-22(32)30(24(20)34)18-6-2-4-16(26)12-18/h1-6,11-12,19-20H,7-10,13-14H2/t19-,20-/m0/s1. The van der Waals surface area contributed by atoms with Gasteiger partial charge in [0.1, 0.15) is 0 Å². The Kier molecular flexibility index (Phi) is 6.41. The smallest absolute Gasteiger partial charge is 0.251 e. The molecule has 10 heteroatoms. The molecule has 2 aromatic rings. The van der Waals surface area contributed by atoms with Crippen molar-refractivity contribution >= 4 is 66.9 Å². The Morgan fingerprint density at radius 2 is 1.00 bits per heavy atom. The molecule has 3 aliphatic rings. The number of hydrogen-bond donors (Lipinski definition) is 0. The van der Waals surface area contributed by atoms with Gasteiger partial charge >= 0.3 is 0 Å². The monoisotopic (exact) mass is 588 g/mol. The zero-order valence-corrected chi connectivity index (χ0v) is 21.4. The van der Waals surface area contributed by atoms with Crippen molar-refractivity contribution in [3.05, 3.63) is 57.5 Å². The summed E-state index contributed by atoms with van der Waals surface area (Å²) in [6.07, 6.45) is 0.283. The van der Waals surface area contributed by atoms with Crippen LogP contribution in [0, 0.1) is 0 Å². The molecule has 0 bridgehead atoms. The molecule has 4 amide bonds. The third-order valence-corrected chi connectivity index (χ3v) is 7.60. The van der Waals surface area contributed by atoms with Crippen LogP contribution in [0.4, 0.5) is 11.4 Å². The first-order chi connectivity index (χ1) is 16.3. The van der Waals surface area contributed by atoms with Crippen molar-refractivity contribution in [1.82, 2.24) is 9.80 Å². The van der Waals surface area contributed by atoms with Gasteiger partial charge in [-0.25, -0.2) is 9.80 Å². The lowest BCUT2D eigenvalue weighted by Crippen LogP contribution is -2.56. The number of piperazine rings is 1. The predicted molar refractivity (Wildman–Crippen MR) is 133 cm³/mol. The predicted octanol–water partition coefficient (Wildman–Crippen LogP) is 2.79. The van der Waals surface area contributed by atoms with Crippen molar-refractivity contribution in [3.8, 4) is 0 Å². The first-order valence-electron chi connectivity index (χ1n) is 11.1. The number of benzene rings is 2. The molecule has 176 valence electrons. The van der Waals surface area contributed by atoms with Crippen LogP contribution in [0.15, 0.2) is 57.5 Å². The van der Waals surface area contributed by atoms with Crippen molar-refractivity contribution in [1.29, 1.82) is 0 Å². The highest BCUT2D eigenvalue weighted by Gasteiger charge is 2.46. The normalized spacial score (nSPS) is 24.5. The van der Waals surface area contributed by atoms with Gasteiger partial charge in [0.15, 0.2) is 0 Å². The highest BCUT2D eigenvalue weighted by Crippen LogP contribution is 2.31. The van der Waals surface area contributed by atoms with Crippen molar-refractivity contribution in [3.63, 3.8) is 0 Å². The summed E-state index contributed by atoms with van der Waals surface area (Å²) in [4.78, 5) is 58.1. The molecule has 34 heavy (non-hydrogen) atoms. The molecule has 0 spiro atoms. The van der Waals surface area contributed by atoms with Gasteiger partial charge in [-0.15, -0.1) is 0 Å². The average molecular weight is 590 g/mol. The summed E-state index contributed by atoms with van der Waals surface area (Å²) in [5, 5.41) is 0. The highest BCUT2D eigenvalue weighted by molar-refractivity contribution is 9.10. The van der Waals surface area contributed by atoms with Crippen LogP contribution >= 0.6 is 31.9 Å². The number of nitrogens with zero attached hydrogens (tertiary/aromatic N) is 4. The molecule has 5 rings (SSSR count). The van der Waals surface area contributed by atoms with E-state index in [9.17, 15) is 19.2 Å². The van der Waals surface area contributed by atoms with Gasteiger partial charge in [-0.05, 0) is 36.4 Å². The van der Waals surface area contributed by atoms with Crippen LogP contribution in [0.2, 0.25) is 0 Å². The molecule has 2 atom stereocenters. The average Bonchev–Trinajstić information content (AvgIpc) is 3.28. The third kappa shape index (κ3) is 4.24. The summed E-state index contributed by atoms with van der Waals surface area (Å²) in [6.45, 7) is 2.19. The summed E-state index contributed by atoms with van der Waals surface area (Å²) >= 11 is 6.78. The lowest BCUT2D eigenvalue weighted by molar-refractivity contribution is -0.126. The molecule has 3 heterocycles. The van der Waals surface area contributed by atoms with E-state index in [1.807, 2.05) is 21.9 Å². The molecule has 0 aromatic heterocycles. The Balaban J connectivity index is 1.24. The van der Waals surface area contributed by atoms with Gasteiger partial charge in [0.25, 0.3) is 11.8 Å². The van der Waals surface area contributed by atoms with Crippen LogP contribution in [-0.4, -0.2) is 71.7 Å². The van der Waals surface area contributed by atoms with Gasteiger partial charge in [-0.1, -0.05) is 44.0 Å². The van der Waals surface area contributed by atoms with Gasteiger partial charge in [0, 0.05) is 35.1 Å². The van der Waals surface area contributed by atoms with E-state index in [-0.39, 0.29) is 36.5 Å². The molecule has 8 nitrogen and oxygen atoms in total. The fourth-order valence-electron chi connectivity index (χ4n) is 4.94. The SMILES string of the molecule is O=C1C[C@H](N2CCN([C@H]3CC(=O)N(c4cccc(Br)c4)C3=O)CC2)C(=O)N1c1cccc(Br)c1. The van der Waals surface area contributed by atoms with Crippen molar-refractivity contribution in [2.45, 2.75) is 24.9 Å². The summed E-state index contributed by atoms with van der Waals surface area (Å²) in [5.41, 5.74) is 1.13. The van der Waals surface area contributed by atoms with E-state index in [2.05, 4.69) is 31.9 Å². The molecule has 0 unspecified atom stereocenters. The number of rotatable bonds is 4. The van der Waals surface area contributed by atoms with Crippen LogP contribution in [0.25, 0.3) is 0 Å². The Hall–Kier alpha value is -2.40. The zero-order chi connectivity index (χ0) is 24.0. The highest BCUT2D eigenvalue weighted by atomic mass is 79.9. The van der Waals surface area contributed by atoms with Crippen molar-refractivity contribution in [2.75, 3.05) is 36.0 Å². The van der Waals surface area contributed by atoms with Crippen LogP contribution in [-0.2, 0) is 19.2 Å². The summed E-state index contributed by atoms with van der Waals surface area (Å²) < 4.78 is 1.60. The first-order valence-corrected chi connectivity index (χ1v) is 12.6. The summed E-state index contributed by atoms with van der Waals surface area (Å²) in [7, 11) is 0. The topological polar surface area (TPSA) is 81.2 Å². The number of carbonyl (C=O) groups excluding carboxylic acids is 4. The van der Waals surface area contributed by atoms with Gasteiger partial charge in [-0.3, -0.25) is 29.0 Å². The molecule has 2 aromatic carbocycles. The van der Waals surface area contributed by atoms with Crippen molar-refractivity contribution < 1.29 is 19.2 Å². The minimum Gasteiger partial charge on any atom is -0.289 e. The Labute approximate surface area is 213 Å². The number of amides is 4. The second-order valence-electron chi connectivity index (χ2n) is 8.61. The second kappa shape index (κ2) is 9.33. The number of imide groups is 2. The maximum Gasteiger partial charge on any atom is 0.251 e. The van der Waals surface area contributed by atoms with Gasteiger partial charge < -0.3 is 0 Å². The number of halogens is 2. The largest absolute Gasteiger partial charge is 0.289 e. The van der Waals surface area contributed by atoms with E-state index in [0.29, 0.717) is 37.6 Å². The van der Waals surface area contributed by atoms with Crippen molar-refractivity contribution in [2.24, 2.45) is 0 Å². The lowest BCUT2D eigenvalue weighted by Gasteiger charge is -2.38. The molecular formula is C24H22Br2N4O4. The third-order valence-electron chi connectivity index (χ3n) is 6.61. The Morgan fingerprint density at radius 1 is 0.618 bits per heavy atom. The fourth-order valence-corrected chi connectivity index (χ4v) is 5.71. The van der Waals surface area contributed by atoms with E-state index in [0.717, 1.165) is 8.95 Å². The molecular weight excluding hydrogens is 568 g/mol. The van der Waals surface area contributed by atoms with E-state index in [4.69, 9.17) is 0 Å². The van der Waals surface area contributed by atoms with Crippen LogP contribution in [0.3, 0.4) is 0 Å². The number of anilines is 2. The van der Waals surface area contributed by atoms with E-state index in [1.54, 1.807) is 36.4 Å². The lowest BCUT2D eigenvalue weighted by atomic mass is 10.1. The Morgan fingerprint density at radius 3 is 1.35 bits per heavy atom. The maximum atomic E-state index is 13.1. The van der Waals surface area contributed by atoms with Gasteiger partial charge in [-0.2, -0.15) is 0 Å². The second-order valence-corrected chi connectivity index (χ2v) is 10.4. The number of hydrogen-bond acceptors (Lipinski definition) is 6. The van der Waals surface area contributed by atoms with Crippen LogP contribution in [0.5, 0.6) is 0 Å². The maximum absolute atomic E-state index is 13.1. The molecule has 0 radical (unpaired) electrons. The molecule has 3 saturated heterocycles. The Bertz CT molecular complexity index is 1090. The summed E-state index contributed by atoms with van der Waals surface area (Å²) in [5.74, 6) is -0.859. The molecule has 3 aliphatic heterocycles. The van der Waals surface area contributed by atoms with Crippen LogP contribution < -0.4 is 9.80 Å². The van der Waals surface area contributed by atoms with Gasteiger partial charge in [0.05, 0.1) is 36.3 Å². The van der Waals surface area contributed by atoms with E-state index < -0.39 is 12.1 Å². The van der Waals surface area contributed by atoms with E-state index >= 15 is 0 Å². The van der Waals surface area contributed by atoms with Gasteiger partial charge in [0.2, 0.25) is 11.8 Å². The molecule has 0 saturated carbocycles. The molecule has 0 N–H and O–H groups in total. The summed E-state index contributed by atoms with van der Waals surface area (Å²) in [6, 6.07) is 13.3. The fraction of sp³-hybridized carbons (Fsp3) is 0.333. The minimum absolute atomic E-state index is 0.142. The minimum atomic E-state index is -0.507. The zero-order valence-electron chi connectivity index (χ0n) is 18.2. The number of carbonyl (C=O) groups is 4. The first kappa shape index (κ1) is 23.3. The quantitative estimate of drug-likeness (QED) is 0.510. The van der Waals surface area contributed by atoms with E-state index in [1.165, 1.54) is 9.80 Å². The molecule has 0 aliphatic carbocycles. The molecule has 3 fully saturated rings.